The summed E-state index contributed by atoms with van der Waals surface area (Å²) in [5.41, 5.74) is 7.91. The monoisotopic (exact) mass is 250 g/mol. The van der Waals surface area contributed by atoms with Gasteiger partial charge >= 0.3 is 0 Å². The van der Waals surface area contributed by atoms with E-state index < -0.39 is 6.04 Å². The van der Waals surface area contributed by atoms with E-state index in [1.807, 2.05) is 38.1 Å². The Morgan fingerprint density at radius 2 is 2.06 bits per heavy atom. The van der Waals surface area contributed by atoms with Crippen molar-refractivity contribution in [1.82, 2.24) is 5.32 Å². The largest absolute Gasteiger partial charge is 0.380 e. The molecular weight excluding hydrogens is 228 g/mol. The molecule has 0 aliphatic rings. The van der Waals surface area contributed by atoms with Gasteiger partial charge in [-0.15, -0.1) is 0 Å². The molecule has 0 aromatic heterocycles. The van der Waals surface area contributed by atoms with Crippen molar-refractivity contribution in [3.63, 3.8) is 0 Å². The molecule has 1 aromatic rings. The lowest BCUT2D eigenvalue weighted by Crippen LogP contribution is -2.43. The Hall–Kier alpha value is -1.39. The molecule has 0 fully saturated rings. The maximum Gasteiger partial charge on any atom is 0.237 e. The highest BCUT2D eigenvalue weighted by molar-refractivity contribution is 5.81. The Bertz CT molecular complexity index is 391. The first-order chi connectivity index (χ1) is 8.54. The second-order valence-electron chi connectivity index (χ2n) is 4.74. The van der Waals surface area contributed by atoms with Crippen LogP contribution < -0.4 is 11.1 Å². The van der Waals surface area contributed by atoms with E-state index in [1.165, 1.54) is 0 Å². The van der Waals surface area contributed by atoms with Gasteiger partial charge in [-0.1, -0.05) is 38.1 Å². The fraction of sp³-hybridized carbons (Fsp3) is 0.500. The summed E-state index contributed by atoms with van der Waals surface area (Å²) in [6.45, 7) is 4.94. The fourth-order valence-corrected chi connectivity index (χ4v) is 1.61. The van der Waals surface area contributed by atoms with Gasteiger partial charge < -0.3 is 15.8 Å². The number of ether oxygens (including phenoxy) is 1. The number of benzene rings is 1. The van der Waals surface area contributed by atoms with Crippen molar-refractivity contribution >= 4 is 5.91 Å². The van der Waals surface area contributed by atoms with E-state index in [0.29, 0.717) is 13.2 Å². The van der Waals surface area contributed by atoms with Crippen LogP contribution in [0.25, 0.3) is 0 Å². The van der Waals surface area contributed by atoms with Gasteiger partial charge in [0, 0.05) is 13.7 Å². The summed E-state index contributed by atoms with van der Waals surface area (Å²) in [4.78, 5) is 11.7. The van der Waals surface area contributed by atoms with E-state index >= 15 is 0 Å². The van der Waals surface area contributed by atoms with E-state index in [9.17, 15) is 4.79 Å². The van der Waals surface area contributed by atoms with Gasteiger partial charge in [0.25, 0.3) is 0 Å². The molecule has 0 radical (unpaired) electrons. The minimum absolute atomic E-state index is 0.109. The lowest BCUT2D eigenvalue weighted by atomic mass is 10.0. The van der Waals surface area contributed by atoms with Crippen LogP contribution in [0, 0.1) is 5.92 Å². The minimum Gasteiger partial charge on any atom is -0.380 e. The lowest BCUT2D eigenvalue weighted by Gasteiger charge is -2.15. The molecule has 100 valence electrons. The van der Waals surface area contributed by atoms with Gasteiger partial charge in [0.05, 0.1) is 12.6 Å². The van der Waals surface area contributed by atoms with Gasteiger partial charge in [-0.3, -0.25) is 4.79 Å². The zero-order valence-corrected chi connectivity index (χ0v) is 11.3. The summed E-state index contributed by atoms with van der Waals surface area (Å²) in [6.07, 6.45) is 0. The molecule has 1 amide bonds. The molecule has 18 heavy (non-hydrogen) atoms. The van der Waals surface area contributed by atoms with Crippen molar-refractivity contribution in [3.05, 3.63) is 35.4 Å². The first-order valence-electron chi connectivity index (χ1n) is 6.14. The third kappa shape index (κ3) is 4.47. The van der Waals surface area contributed by atoms with E-state index in [1.54, 1.807) is 7.11 Å². The summed E-state index contributed by atoms with van der Waals surface area (Å²) in [6, 6.07) is 7.49. The number of carbonyl (C=O) groups excluding carboxylic acids is 1. The highest BCUT2D eigenvalue weighted by Crippen LogP contribution is 2.06. The molecule has 3 N–H and O–H groups in total. The zero-order valence-electron chi connectivity index (χ0n) is 11.3. The van der Waals surface area contributed by atoms with Crippen LogP contribution in [0.4, 0.5) is 0 Å². The summed E-state index contributed by atoms with van der Waals surface area (Å²) in [5, 5.41) is 2.84. The first-order valence-corrected chi connectivity index (χ1v) is 6.14. The molecule has 0 saturated heterocycles. The van der Waals surface area contributed by atoms with Gasteiger partial charge in [0.15, 0.2) is 0 Å². The second kappa shape index (κ2) is 7.13. The van der Waals surface area contributed by atoms with Crippen LogP contribution in [0.2, 0.25) is 0 Å². The smallest absolute Gasteiger partial charge is 0.237 e. The second-order valence-corrected chi connectivity index (χ2v) is 4.74. The van der Waals surface area contributed by atoms with Crippen LogP contribution >= 0.6 is 0 Å². The normalized spacial score (nSPS) is 12.5. The number of nitrogens with two attached hydrogens (primary N) is 1. The summed E-state index contributed by atoms with van der Waals surface area (Å²) in [7, 11) is 1.66. The maximum absolute atomic E-state index is 11.7. The third-order valence-electron chi connectivity index (χ3n) is 2.79. The summed E-state index contributed by atoms with van der Waals surface area (Å²) < 4.78 is 5.07. The maximum atomic E-state index is 11.7. The molecule has 1 aromatic carbocycles. The van der Waals surface area contributed by atoms with Crippen LogP contribution in [0.3, 0.4) is 0 Å². The number of methoxy groups -OCH3 is 1. The standard InChI is InChI=1S/C14H22N2O2/c1-10(2)13(15)14(17)16-8-11-5-4-6-12(7-11)9-18-3/h4-7,10,13H,8-9,15H2,1-3H3,(H,16,17)/t13-/m0/s1. The van der Waals surface area contributed by atoms with E-state index in [0.717, 1.165) is 11.1 Å². The molecule has 0 bridgehead atoms. The predicted octanol–water partition coefficient (Wildman–Crippen LogP) is 1.43. The average Bonchev–Trinajstić information content (AvgIpc) is 2.36. The number of carbonyl (C=O) groups is 1. The van der Waals surface area contributed by atoms with Gasteiger partial charge in [-0.25, -0.2) is 0 Å². The van der Waals surface area contributed by atoms with Crippen LogP contribution in [0.5, 0.6) is 0 Å². The SMILES string of the molecule is COCc1cccc(CNC(=O)[C@@H](N)C(C)C)c1. The first kappa shape index (κ1) is 14.7. The summed E-state index contributed by atoms with van der Waals surface area (Å²) >= 11 is 0. The Kier molecular flexibility index (Phi) is 5.82. The number of rotatable bonds is 6. The number of hydrogen-bond donors (Lipinski definition) is 2. The van der Waals surface area contributed by atoms with Crippen molar-refractivity contribution in [2.24, 2.45) is 11.7 Å². The van der Waals surface area contributed by atoms with Crippen molar-refractivity contribution in [3.8, 4) is 0 Å². The molecule has 0 aliphatic heterocycles. The molecule has 0 saturated carbocycles. The molecule has 1 rings (SSSR count). The molecule has 0 heterocycles. The topological polar surface area (TPSA) is 64.3 Å². The van der Waals surface area contributed by atoms with Crippen LogP contribution in [0.15, 0.2) is 24.3 Å². The number of hydrogen-bond acceptors (Lipinski definition) is 3. The third-order valence-corrected chi connectivity index (χ3v) is 2.79. The predicted molar refractivity (Wildman–Crippen MR) is 71.8 cm³/mol. The molecule has 0 unspecified atom stereocenters. The van der Waals surface area contributed by atoms with Crippen molar-refractivity contribution in [2.45, 2.75) is 33.0 Å². The van der Waals surface area contributed by atoms with Gasteiger partial charge in [0.2, 0.25) is 5.91 Å². The van der Waals surface area contributed by atoms with E-state index in [2.05, 4.69) is 5.32 Å². The quantitative estimate of drug-likeness (QED) is 0.803. The number of amides is 1. The van der Waals surface area contributed by atoms with Gasteiger partial charge in [-0.2, -0.15) is 0 Å². The van der Waals surface area contributed by atoms with Gasteiger partial charge in [-0.05, 0) is 17.0 Å². The van der Waals surface area contributed by atoms with Crippen LogP contribution in [-0.2, 0) is 22.7 Å². The Labute approximate surface area is 109 Å². The van der Waals surface area contributed by atoms with E-state index in [4.69, 9.17) is 10.5 Å². The molecule has 1 atom stereocenters. The molecule has 4 heteroatoms. The Morgan fingerprint density at radius 3 is 2.67 bits per heavy atom. The Morgan fingerprint density at radius 1 is 1.39 bits per heavy atom. The van der Waals surface area contributed by atoms with E-state index in [-0.39, 0.29) is 11.8 Å². The molecule has 0 aliphatic carbocycles. The van der Waals surface area contributed by atoms with Gasteiger partial charge in [0.1, 0.15) is 0 Å². The number of nitrogens with one attached hydrogen (secondary N) is 1. The molecule has 0 spiro atoms. The highest BCUT2D eigenvalue weighted by Gasteiger charge is 2.16. The van der Waals surface area contributed by atoms with Crippen molar-refractivity contribution in [2.75, 3.05) is 7.11 Å². The van der Waals surface area contributed by atoms with Crippen LogP contribution in [0.1, 0.15) is 25.0 Å². The molecule has 4 nitrogen and oxygen atoms in total. The fourth-order valence-electron chi connectivity index (χ4n) is 1.61. The summed E-state index contributed by atoms with van der Waals surface area (Å²) in [5.74, 6) is 0.0342. The van der Waals surface area contributed by atoms with Crippen LogP contribution in [-0.4, -0.2) is 19.1 Å². The highest BCUT2D eigenvalue weighted by atomic mass is 16.5. The van der Waals surface area contributed by atoms with Crippen molar-refractivity contribution in [1.29, 1.82) is 0 Å². The molecular formula is C14H22N2O2. The Balaban J connectivity index is 2.53. The average molecular weight is 250 g/mol. The van der Waals surface area contributed by atoms with Crippen molar-refractivity contribution < 1.29 is 9.53 Å². The zero-order chi connectivity index (χ0) is 13.5. The minimum atomic E-state index is -0.452. The lowest BCUT2D eigenvalue weighted by molar-refractivity contribution is -0.123.